The first kappa shape index (κ1) is 13.1. The van der Waals surface area contributed by atoms with E-state index in [9.17, 15) is 9.59 Å². The first-order valence-electron chi connectivity index (χ1n) is 2.95. The van der Waals surface area contributed by atoms with Crippen molar-refractivity contribution in [1.29, 1.82) is 0 Å². The fraction of sp³-hybridized carbons (Fsp3) is 0.667. The van der Waals surface area contributed by atoms with Gasteiger partial charge in [-0.3, -0.25) is 4.79 Å². The Hall–Kier alpha value is -0.528. The van der Waals surface area contributed by atoms with Crippen LogP contribution in [0.3, 0.4) is 0 Å². The first-order valence-corrected chi connectivity index (χ1v) is 2.95. The predicted molar refractivity (Wildman–Crippen MR) is 35.1 cm³/mol. The maximum Gasteiger partial charge on any atom is 0.323 e. The molecule has 1 amide bonds. The molecule has 11 heavy (non-hydrogen) atoms. The fourth-order valence-electron chi connectivity index (χ4n) is 0.577. The van der Waals surface area contributed by atoms with Crippen LogP contribution < -0.4 is 5.32 Å². The Morgan fingerprint density at radius 1 is 1.55 bits per heavy atom. The molecule has 0 fully saturated rings. The van der Waals surface area contributed by atoms with E-state index < -0.39 is 12.0 Å². The summed E-state index contributed by atoms with van der Waals surface area (Å²) in [5.74, 6) is -1.14. The molecular weight excluding hydrogens is 186 g/mol. The molecule has 0 aliphatic rings. The molecule has 0 saturated carbocycles. The summed E-state index contributed by atoms with van der Waals surface area (Å²) in [6.07, 6.45) is 1.35. The van der Waals surface area contributed by atoms with Gasteiger partial charge in [-0.15, -0.1) is 0 Å². The maximum atomic E-state index is 10.3. The van der Waals surface area contributed by atoms with Gasteiger partial charge in [0.1, 0.15) is 0 Å². The number of nitrogens with one attached hydrogen (secondary N) is 1. The van der Waals surface area contributed by atoms with Crippen LogP contribution in [0, 0.1) is 5.92 Å². The van der Waals surface area contributed by atoms with Crippen molar-refractivity contribution in [3.8, 4) is 0 Å². The molecule has 0 heterocycles. The molecule has 0 aliphatic heterocycles. The molecule has 0 rings (SSSR count). The quantitative estimate of drug-likeness (QED) is 0.481. The molecule has 0 bridgehead atoms. The van der Waals surface area contributed by atoms with E-state index in [1.54, 1.807) is 13.8 Å². The van der Waals surface area contributed by atoms with Crippen LogP contribution in [0.1, 0.15) is 13.8 Å². The van der Waals surface area contributed by atoms with Crippen molar-refractivity contribution in [1.82, 2.24) is 5.32 Å². The van der Waals surface area contributed by atoms with Crippen molar-refractivity contribution in [2.45, 2.75) is 19.9 Å². The van der Waals surface area contributed by atoms with E-state index in [1.807, 2.05) is 0 Å². The smallest absolute Gasteiger partial charge is 0.323 e. The van der Waals surface area contributed by atoms with E-state index in [1.165, 1.54) is 6.41 Å². The zero-order valence-corrected chi connectivity index (χ0v) is 7.60. The van der Waals surface area contributed by atoms with E-state index in [0.717, 1.165) is 0 Å². The second-order valence-electron chi connectivity index (χ2n) is 2.31. The number of carbonyl (C=O) groups excluding carboxylic acids is 1. The van der Waals surface area contributed by atoms with Gasteiger partial charge in [-0.1, -0.05) is 13.8 Å². The average Bonchev–Trinajstić information content (AvgIpc) is 1.81. The molecule has 0 aliphatic carbocycles. The Morgan fingerprint density at radius 2 is 2.00 bits per heavy atom. The number of amides is 1. The number of carboxylic acid groups (broad SMARTS) is 1. The molecule has 4 nitrogen and oxygen atoms in total. The van der Waals surface area contributed by atoms with Crippen molar-refractivity contribution < 1.29 is 32.1 Å². The summed E-state index contributed by atoms with van der Waals surface area (Å²) >= 11 is 0. The number of hydrogen-bond acceptors (Lipinski definition) is 2. The van der Waals surface area contributed by atoms with Gasteiger partial charge in [0, 0.05) is 17.4 Å². The second-order valence-corrected chi connectivity index (χ2v) is 2.31. The number of aliphatic carboxylic acids is 1. The number of rotatable bonds is 4. The molecule has 0 radical (unpaired) electrons. The van der Waals surface area contributed by atoms with E-state index in [0.29, 0.717) is 0 Å². The molecule has 64 valence electrons. The van der Waals surface area contributed by atoms with Crippen molar-refractivity contribution in [3.05, 3.63) is 0 Å². The number of carbonyl (C=O) groups is 1. The molecule has 0 aromatic heterocycles. The Morgan fingerprint density at radius 3 is 2.09 bits per heavy atom. The van der Waals surface area contributed by atoms with Crippen molar-refractivity contribution in [2.24, 2.45) is 5.92 Å². The van der Waals surface area contributed by atoms with E-state index in [2.05, 4.69) is 5.32 Å². The van der Waals surface area contributed by atoms with Gasteiger partial charge in [0.15, 0.2) is 0 Å². The molecule has 1 unspecified atom stereocenters. The summed E-state index contributed by atoms with van der Waals surface area (Å²) in [7, 11) is 0. The number of hydrogen-bond donors (Lipinski definition) is 2. The summed E-state index contributed by atoms with van der Waals surface area (Å²) in [6.45, 7) is 3.42. The van der Waals surface area contributed by atoms with Crippen molar-refractivity contribution >= 4 is 12.4 Å². The Kier molecular flexibility index (Phi) is 7.38. The SMILES string of the molecule is CC(C)C(N[C-]=O)C(=O)O.[Cr]. The van der Waals surface area contributed by atoms with Gasteiger partial charge in [0.05, 0.1) is 6.04 Å². The zero-order valence-electron chi connectivity index (χ0n) is 6.33. The molecular formula is C6H10CrNO3-. The zero-order chi connectivity index (χ0) is 8.15. The van der Waals surface area contributed by atoms with Crippen LogP contribution in [0.2, 0.25) is 0 Å². The first-order chi connectivity index (χ1) is 4.59. The Bertz CT molecular complexity index is 138. The minimum Gasteiger partial charge on any atom is -0.520 e. The van der Waals surface area contributed by atoms with Crippen molar-refractivity contribution in [3.63, 3.8) is 0 Å². The molecule has 1 atom stereocenters. The normalized spacial score (nSPS) is 11.5. The standard InChI is InChI=1S/C6H10NO3.Cr/c1-4(2)5(6(9)10)7-3-8;/h4-5H,1-2H3,(H,7,8)(H,9,10);/q-1;. The molecule has 0 aromatic carbocycles. The van der Waals surface area contributed by atoms with Crippen LogP contribution in [0.4, 0.5) is 0 Å². The third-order valence-corrected chi connectivity index (χ3v) is 1.15. The van der Waals surface area contributed by atoms with Crippen LogP contribution in [-0.4, -0.2) is 23.5 Å². The van der Waals surface area contributed by atoms with Crippen LogP contribution in [0.15, 0.2) is 0 Å². The van der Waals surface area contributed by atoms with E-state index in [-0.39, 0.29) is 23.3 Å². The maximum absolute atomic E-state index is 10.3. The minimum absolute atomic E-state index is 0. The van der Waals surface area contributed by atoms with Gasteiger partial charge >= 0.3 is 5.97 Å². The predicted octanol–water partition coefficient (Wildman–Crippen LogP) is -0.250. The topological polar surface area (TPSA) is 66.4 Å². The summed E-state index contributed by atoms with van der Waals surface area (Å²) < 4.78 is 0. The van der Waals surface area contributed by atoms with Gasteiger partial charge in [-0.25, -0.2) is 0 Å². The Labute approximate surface area is 76.1 Å². The Balaban J connectivity index is 0. The molecule has 5 heteroatoms. The van der Waals surface area contributed by atoms with Gasteiger partial charge in [-0.2, -0.15) is 6.41 Å². The third-order valence-electron chi connectivity index (χ3n) is 1.15. The van der Waals surface area contributed by atoms with E-state index >= 15 is 0 Å². The van der Waals surface area contributed by atoms with Gasteiger partial charge in [0.25, 0.3) is 0 Å². The molecule has 0 saturated heterocycles. The van der Waals surface area contributed by atoms with Crippen molar-refractivity contribution in [2.75, 3.05) is 0 Å². The monoisotopic (exact) mass is 196 g/mol. The summed E-state index contributed by atoms with van der Waals surface area (Å²) in [5, 5.41) is 10.5. The summed E-state index contributed by atoms with van der Waals surface area (Å²) in [6, 6.07) is -0.822. The van der Waals surface area contributed by atoms with Crippen LogP contribution >= 0.6 is 0 Å². The average molecular weight is 196 g/mol. The fourth-order valence-corrected chi connectivity index (χ4v) is 0.577. The summed E-state index contributed by atoms with van der Waals surface area (Å²) in [5.41, 5.74) is 0. The molecule has 2 N–H and O–H groups in total. The van der Waals surface area contributed by atoms with Crippen LogP contribution in [0.5, 0.6) is 0 Å². The van der Waals surface area contributed by atoms with E-state index in [4.69, 9.17) is 5.11 Å². The largest absolute Gasteiger partial charge is 0.520 e. The van der Waals surface area contributed by atoms with Crippen LogP contribution in [-0.2, 0) is 27.0 Å². The van der Waals surface area contributed by atoms with Crippen LogP contribution in [0.25, 0.3) is 0 Å². The number of carboxylic acids is 1. The van der Waals surface area contributed by atoms with Gasteiger partial charge in [-0.05, 0) is 5.92 Å². The molecule has 0 aromatic rings. The summed E-state index contributed by atoms with van der Waals surface area (Å²) in [4.78, 5) is 20.0. The molecule has 0 spiro atoms. The third kappa shape index (κ3) is 4.82. The van der Waals surface area contributed by atoms with Gasteiger partial charge in [0.2, 0.25) is 0 Å². The minimum atomic E-state index is -1.03. The van der Waals surface area contributed by atoms with Gasteiger partial charge < -0.3 is 15.2 Å². The second kappa shape index (κ2) is 6.20.